The zero-order valence-electron chi connectivity index (χ0n) is 12.2. The molecule has 0 spiro atoms. The fourth-order valence-electron chi connectivity index (χ4n) is 2.61. The minimum atomic E-state index is -3.57. The summed E-state index contributed by atoms with van der Waals surface area (Å²) in [6.07, 6.45) is 3.41. The van der Waals surface area contributed by atoms with E-state index >= 15 is 0 Å². The van der Waals surface area contributed by atoms with Crippen molar-refractivity contribution in [2.75, 3.05) is 19.6 Å². The van der Waals surface area contributed by atoms with Crippen molar-refractivity contribution in [1.82, 2.24) is 14.6 Å². The lowest BCUT2D eigenvalue weighted by Gasteiger charge is -2.35. The zero-order valence-corrected chi connectivity index (χ0v) is 15.4. The molecule has 1 N–H and O–H groups in total. The molecule has 8 heteroatoms. The van der Waals surface area contributed by atoms with E-state index in [4.69, 9.17) is 0 Å². The van der Waals surface area contributed by atoms with Gasteiger partial charge < -0.3 is 5.32 Å². The Hall–Kier alpha value is -0.990. The molecule has 124 valence electrons. The highest BCUT2D eigenvalue weighted by atomic mass is 79.9. The van der Waals surface area contributed by atoms with E-state index in [0.29, 0.717) is 29.0 Å². The van der Waals surface area contributed by atoms with Crippen LogP contribution in [0.3, 0.4) is 0 Å². The van der Waals surface area contributed by atoms with E-state index in [0.717, 1.165) is 5.56 Å². The zero-order chi connectivity index (χ0) is 15.6. The van der Waals surface area contributed by atoms with Crippen LogP contribution in [0.15, 0.2) is 58.2 Å². The van der Waals surface area contributed by atoms with Gasteiger partial charge in [-0.1, -0.05) is 18.2 Å². The van der Waals surface area contributed by atoms with Gasteiger partial charge in [-0.15, -0.1) is 12.4 Å². The topological polar surface area (TPSA) is 62.3 Å². The number of hydrogen-bond acceptors (Lipinski definition) is 4. The summed E-state index contributed by atoms with van der Waals surface area (Å²) in [5.74, 6) is 0. The van der Waals surface area contributed by atoms with E-state index in [1.165, 1.54) is 0 Å². The van der Waals surface area contributed by atoms with Crippen LogP contribution in [-0.2, 0) is 10.0 Å². The highest BCUT2D eigenvalue weighted by Crippen LogP contribution is 2.31. The number of benzene rings is 1. The Labute approximate surface area is 150 Å². The molecule has 1 unspecified atom stereocenters. The molecule has 0 bridgehead atoms. The Balaban J connectivity index is 0.00000192. The number of hydrogen-bond donors (Lipinski definition) is 1. The third kappa shape index (κ3) is 3.75. The number of nitrogens with zero attached hydrogens (tertiary/aromatic N) is 2. The van der Waals surface area contributed by atoms with Crippen LogP contribution < -0.4 is 5.32 Å². The maximum absolute atomic E-state index is 13.0. The molecule has 0 radical (unpaired) electrons. The Morgan fingerprint density at radius 1 is 1.22 bits per heavy atom. The summed E-state index contributed by atoms with van der Waals surface area (Å²) in [6.45, 7) is 1.65. The highest BCUT2D eigenvalue weighted by Gasteiger charge is 2.35. The maximum atomic E-state index is 13.0. The Morgan fingerprint density at radius 3 is 2.70 bits per heavy atom. The van der Waals surface area contributed by atoms with Crippen LogP contribution in [0.25, 0.3) is 0 Å². The number of rotatable bonds is 3. The van der Waals surface area contributed by atoms with Crippen molar-refractivity contribution < 1.29 is 8.42 Å². The molecule has 0 amide bonds. The van der Waals surface area contributed by atoms with Gasteiger partial charge in [0.15, 0.2) is 0 Å². The molecule has 1 aromatic carbocycles. The van der Waals surface area contributed by atoms with Crippen LogP contribution in [0.4, 0.5) is 0 Å². The summed E-state index contributed by atoms with van der Waals surface area (Å²) in [5.41, 5.74) is 0.894. The van der Waals surface area contributed by atoms with E-state index < -0.39 is 10.0 Å². The maximum Gasteiger partial charge on any atom is 0.244 e. The van der Waals surface area contributed by atoms with Gasteiger partial charge in [0.05, 0.1) is 10.9 Å². The molecule has 1 fully saturated rings. The lowest BCUT2D eigenvalue weighted by molar-refractivity contribution is 0.271. The summed E-state index contributed by atoms with van der Waals surface area (Å²) in [7, 11) is -3.57. The third-order valence-corrected chi connectivity index (χ3v) is 6.61. The second kappa shape index (κ2) is 7.72. The van der Waals surface area contributed by atoms with Crippen molar-refractivity contribution >= 4 is 38.4 Å². The van der Waals surface area contributed by atoms with Crippen molar-refractivity contribution in [3.8, 4) is 0 Å². The average Bonchev–Trinajstić information content (AvgIpc) is 2.56. The Morgan fingerprint density at radius 2 is 2.00 bits per heavy atom. The first-order valence-electron chi connectivity index (χ1n) is 6.98. The smallest absolute Gasteiger partial charge is 0.244 e. The molecule has 0 saturated carbocycles. The Bertz CT molecular complexity index is 758. The number of sulfonamides is 1. The van der Waals surface area contributed by atoms with Crippen molar-refractivity contribution in [2.24, 2.45) is 0 Å². The van der Waals surface area contributed by atoms with Gasteiger partial charge in [0.25, 0.3) is 0 Å². The minimum absolute atomic E-state index is 0. The molecular formula is C15H17BrClN3O2S. The van der Waals surface area contributed by atoms with Crippen molar-refractivity contribution in [2.45, 2.75) is 10.9 Å². The molecule has 1 atom stereocenters. The van der Waals surface area contributed by atoms with Crippen LogP contribution in [0.1, 0.15) is 11.6 Å². The fourth-order valence-corrected chi connectivity index (χ4v) is 5.19. The lowest BCUT2D eigenvalue weighted by Crippen LogP contribution is -2.48. The molecule has 1 aliphatic rings. The minimum Gasteiger partial charge on any atom is -0.313 e. The van der Waals surface area contributed by atoms with Gasteiger partial charge in [-0.05, 0) is 39.7 Å². The molecular weight excluding hydrogens is 402 g/mol. The third-order valence-electron chi connectivity index (χ3n) is 3.69. The monoisotopic (exact) mass is 417 g/mol. The van der Waals surface area contributed by atoms with Gasteiger partial charge in [-0.2, -0.15) is 4.31 Å². The normalized spacial score (nSPS) is 19.1. The molecule has 23 heavy (non-hydrogen) atoms. The Kier molecular flexibility index (Phi) is 6.16. The molecule has 1 aliphatic heterocycles. The van der Waals surface area contributed by atoms with Gasteiger partial charge in [-0.3, -0.25) is 4.98 Å². The number of pyridine rings is 1. The van der Waals surface area contributed by atoms with Crippen LogP contribution in [-0.4, -0.2) is 37.3 Å². The van der Waals surface area contributed by atoms with E-state index in [1.54, 1.807) is 41.0 Å². The molecule has 5 nitrogen and oxygen atoms in total. The SMILES string of the molecule is Cl.O=S(=O)(c1ccccc1Br)N1CCNCC1c1cccnc1. The number of aromatic nitrogens is 1. The van der Waals surface area contributed by atoms with Crippen LogP contribution in [0, 0.1) is 0 Å². The van der Waals surface area contributed by atoms with Crippen molar-refractivity contribution in [3.05, 3.63) is 58.8 Å². The standard InChI is InChI=1S/C15H16BrN3O2S.ClH/c16-13-5-1-2-6-15(13)22(20,21)19-9-8-18-11-14(19)12-4-3-7-17-10-12;/h1-7,10,14,18H,8-9,11H2;1H. The first-order valence-corrected chi connectivity index (χ1v) is 9.21. The van der Waals surface area contributed by atoms with E-state index in [-0.39, 0.29) is 18.4 Å². The number of nitrogens with one attached hydrogen (secondary N) is 1. The van der Waals surface area contributed by atoms with Gasteiger partial charge in [-0.25, -0.2) is 8.42 Å². The molecule has 2 aromatic rings. The van der Waals surface area contributed by atoms with Crippen LogP contribution in [0.5, 0.6) is 0 Å². The molecule has 0 aliphatic carbocycles. The van der Waals surface area contributed by atoms with Gasteiger partial charge in [0.2, 0.25) is 10.0 Å². The summed E-state index contributed by atoms with van der Waals surface area (Å²) in [6, 6.07) is 10.4. The predicted octanol–water partition coefficient (Wildman–Crippen LogP) is 2.60. The van der Waals surface area contributed by atoms with Gasteiger partial charge in [0.1, 0.15) is 0 Å². The average molecular weight is 419 g/mol. The summed E-state index contributed by atoms with van der Waals surface area (Å²) < 4.78 is 28.2. The van der Waals surface area contributed by atoms with Gasteiger partial charge in [0, 0.05) is 36.5 Å². The highest BCUT2D eigenvalue weighted by molar-refractivity contribution is 9.10. The summed E-state index contributed by atoms with van der Waals surface area (Å²) in [4.78, 5) is 4.41. The largest absolute Gasteiger partial charge is 0.313 e. The van der Waals surface area contributed by atoms with Gasteiger partial charge >= 0.3 is 0 Å². The first-order chi connectivity index (χ1) is 10.6. The molecule has 1 aromatic heterocycles. The quantitative estimate of drug-likeness (QED) is 0.832. The van der Waals surface area contributed by atoms with Crippen LogP contribution in [0.2, 0.25) is 0 Å². The molecule has 1 saturated heterocycles. The summed E-state index contributed by atoms with van der Waals surface area (Å²) >= 11 is 3.34. The number of piperazine rings is 1. The van der Waals surface area contributed by atoms with E-state index in [9.17, 15) is 8.42 Å². The van der Waals surface area contributed by atoms with E-state index in [1.807, 2.05) is 12.1 Å². The second-order valence-corrected chi connectivity index (χ2v) is 7.77. The van der Waals surface area contributed by atoms with Crippen LogP contribution >= 0.6 is 28.3 Å². The first kappa shape index (κ1) is 18.4. The molecule has 2 heterocycles. The number of halogens is 2. The van der Waals surface area contributed by atoms with Crippen molar-refractivity contribution in [3.63, 3.8) is 0 Å². The molecule has 3 rings (SSSR count). The second-order valence-electron chi connectivity index (χ2n) is 5.05. The predicted molar refractivity (Wildman–Crippen MR) is 95.1 cm³/mol. The van der Waals surface area contributed by atoms with E-state index in [2.05, 4.69) is 26.2 Å². The fraction of sp³-hybridized carbons (Fsp3) is 0.267. The van der Waals surface area contributed by atoms with Crippen molar-refractivity contribution in [1.29, 1.82) is 0 Å². The summed E-state index contributed by atoms with van der Waals surface area (Å²) in [5, 5.41) is 3.26. The lowest BCUT2D eigenvalue weighted by atomic mass is 10.1.